The molecular weight excluding hydrogens is 490 g/mol. The lowest BCUT2D eigenvalue weighted by atomic mass is 9.89. The number of rotatable bonds is 8. The van der Waals surface area contributed by atoms with Crippen molar-refractivity contribution in [2.24, 2.45) is 5.41 Å². The second kappa shape index (κ2) is 28.4. The van der Waals surface area contributed by atoms with E-state index in [1.807, 2.05) is 0 Å². The van der Waals surface area contributed by atoms with Gasteiger partial charge in [-0.15, -0.1) is 0 Å². The second-order valence-electron chi connectivity index (χ2n) is 14.3. The Bertz CT molecular complexity index is 443. The molecule has 0 N–H and O–H groups in total. The summed E-state index contributed by atoms with van der Waals surface area (Å²) in [4.78, 5) is 0. The molecule has 0 aromatic carbocycles. The monoisotopic (exact) mass is 566 g/mol. The van der Waals surface area contributed by atoms with E-state index in [1.54, 1.807) is 0 Å². The molecule has 234 valence electrons. The molecule has 0 aromatic rings. The first-order chi connectivity index (χ1) is 19.1. The van der Waals surface area contributed by atoms with Crippen LogP contribution >= 0.6 is 11.9 Å². The Balaban J connectivity index is 2.23. The summed E-state index contributed by atoms with van der Waals surface area (Å²) >= 11 is 2.19. The van der Waals surface area contributed by atoms with Gasteiger partial charge in [-0.05, 0) is 31.1 Å². The van der Waals surface area contributed by atoms with Gasteiger partial charge in [-0.3, -0.25) is 4.31 Å². The maximum atomic E-state index is 2.77. The molecule has 1 aliphatic rings. The van der Waals surface area contributed by atoms with Gasteiger partial charge in [-0.1, -0.05) is 200 Å². The highest BCUT2D eigenvalue weighted by Gasteiger charge is 2.09. The topological polar surface area (TPSA) is 3.24 Å². The number of unbranched alkanes of at least 4 members (excludes halogenated alkanes) is 4. The molecule has 39 heavy (non-hydrogen) atoms. The van der Waals surface area contributed by atoms with E-state index in [-0.39, 0.29) is 0 Å². The van der Waals surface area contributed by atoms with Gasteiger partial charge in [-0.25, -0.2) is 0 Å². The Morgan fingerprint density at radius 2 is 0.667 bits per heavy atom. The van der Waals surface area contributed by atoms with Crippen LogP contribution in [0.5, 0.6) is 0 Å². The Hall–Kier alpha value is 0.310. The lowest BCUT2D eigenvalue weighted by molar-refractivity contribution is 0.357. The van der Waals surface area contributed by atoms with Crippen molar-refractivity contribution in [3.63, 3.8) is 0 Å². The highest BCUT2D eigenvalue weighted by molar-refractivity contribution is 7.97. The second-order valence-corrected chi connectivity index (χ2v) is 15.5. The molecule has 0 aliphatic carbocycles. The summed E-state index contributed by atoms with van der Waals surface area (Å²) in [6.07, 6.45) is 44.0. The predicted octanol–water partition coefficient (Wildman–Crippen LogP) is 13.7. The first-order valence-electron chi connectivity index (χ1n) is 18.5. The molecule has 0 radical (unpaired) electrons. The number of hydrogen-bond acceptors (Lipinski definition) is 2. The van der Waals surface area contributed by atoms with Crippen LogP contribution in [0.3, 0.4) is 0 Å². The minimum Gasteiger partial charge on any atom is -0.251 e. The molecule has 0 saturated carbocycles. The average Bonchev–Trinajstić information content (AvgIpc) is 2.90. The zero-order valence-electron chi connectivity index (χ0n) is 27.7. The van der Waals surface area contributed by atoms with Gasteiger partial charge in [0, 0.05) is 18.8 Å². The van der Waals surface area contributed by atoms with Crippen LogP contribution in [0.15, 0.2) is 0 Å². The fourth-order valence-corrected chi connectivity index (χ4v) is 7.30. The maximum Gasteiger partial charge on any atom is 0.00893 e. The summed E-state index contributed by atoms with van der Waals surface area (Å²) in [5.41, 5.74) is 0.515. The molecule has 1 rings (SSSR count). The summed E-state index contributed by atoms with van der Waals surface area (Å²) in [6, 6.07) is 0. The molecule has 1 aliphatic heterocycles. The van der Waals surface area contributed by atoms with E-state index in [9.17, 15) is 0 Å². The average molecular weight is 566 g/mol. The molecular formula is C37H75NS. The molecule has 1 saturated heterocycles. The van der Waals surface area contributed by atoms with Crippen LogP contribution in [0.2, 0.25) is 0 Å². The van der Waals surface area contributed by atoms with Gasteiger partial charge < -0.3 is 0 Å². The van der Waals surface area contributed by atoms with Gasteiger partial charge in [-0.2, -0.15) is 0 Å². The van der Waals surface area contributed by atoms with Gasteiger partial charge >= 0.3 is 0 Å². The van der Waals surface area contributed by atoms with Gasteiger partial charge in [0.25, 0.3) is 0 Å². The van der Waals surface area contributed by atoms with E-state index < -0.39 is 0 Å². The molecule has 1 nitrogen and oxygen atoms in total. The largest absolute Gasteiger partial charge is 0.251 e. The standard InChI is InChI=1S/C37H75NS/c1-37(2,3)33-29-25-24-28-32-36-39-38-34-30-26-22-20-18-16-14-12-10-8-6-4-5-7-9-11-13-15-17-19-21-23-27-31-35-38/h4-36H2,1-3H3. The Kier molecular flexibility index (Phi) is 27.2. The van der Waals surface area contributed by atoms with Crippen molar-refractivity contribution in [2.45, 2.75) is 213 Å². The first kappa shape index (κ1) is 37.3. The third-order valence-electron chi connectivity index (χ3n) is 8.91. The lowest BCUT2D eigenvalue weighted by Gasteiger charge is -2.21. The summed E-state index contributed by atoms with van der Waals surface area (Å²) in [7, 11) is 0. The van der Waals surface area contributed by atoms with Gasteiger partial charge in [0.1, 0.15) is 0 Å². The van der Waals surface area contributed by atoms with E-state index in [1.165, 1.54) is 211 Å². The summed E-state index contributed by atoms with van der Waals surface area (Å²) in [5.74, 6) is 1.35. The van der Waals surface area contributed by atoms with Crippen molar-refractivity contribution in [3.05, 3.63) is 0 Å². The zero-order valence-corrected chi connectivity index (χ0v) is 28.5. The SMILES string of the molecule is CC(C)(C)CCCCCCCSN1CCCCCCCCCCCCCCCCCCCCCCCCCC1. The van der Waals surface area contributed by atoms with E-state index >= 15 is 0 Å². The third-order valence-corrected chi connectivity index (χ3v) is 10.1. The maximum absolute atomic E-state index is 2.77. The first-order valence-corrected chi connectivity index (χ1v) is 19.4. The number of hydrogen-bond donors (Lipinski definition) is 0. The minimum atomic E-state index is 0.515. The van der Waals surface area contributed by atoms with Gasteiger partial charge in [0.15, 0.2) is 0 Å². The predicted molar refractivity (Wildman–Crippen MR) is 182 cm³/mol. The normalized spacial score (nSPS) is 21.3. The Morgan fingerprint density at radius 1 is 0.385 bits per heavy atom. The van der Waals surface area contributed by atoms with Crippen LogP contribution in [0, 0.1) is 5.41 Å². The third kappa shape index (κ3) is 29.6. The molecule has 0 atom stereocenters. The van der Waals surface area contributed by atoms with E-state index in [0.29, 0.717) is 5.41 Å². The van der Waals surface area contributed by atoms with Crippen LogP contribution in [-0.2, 0) is 0 Å². The van der Waals surface area contributed by atoms with Crippen LogP contribution in [-0.4, -0.2) is 23.1 Å². The summed E-state index contributed by atoms with van der Waals surface area (Å²) in [6.45, 7) is 9.80. The number of nitrogens with zero attached hydrogens (tertiary/aromatic N) is 1. The van der Waals surface area contributed by atoms with E-state index in [2.05, 4.69) is 37.0 Å². The molecule has 0 unspecified atom stereocenters. The van der Waals surface area contributed by atoms with Crippen molar-refractivity contribution in [3.8, 4) is 0 Å². The van der Waals surface area contributed by atoms with Crippen molar-refractivity contribution in [1.82, 2.24) is 4.31 Å². The van der Waals surface area contributed by atoms with Crippen molar-refractivity contribution >= 4 is 11.9 Å². The summed E-state index contributed by atoms with van der Waals surface area (Å²) in [5, 5.41) is 0. The zero-order chi connectivity index (χ0) is 28.1. The highest BCUT2D eigenvalue weighted by Crippen LogP contribution is 2.23. The van der Waals surface area contributed by atoms with Gasteiger partial charge in [0.05, 0.1) is 0 Å². The highest BCUT2D eigenvalue weighted by atomic mass is 32.2. The van der Waals surface area contributed by atoms with Crippen LogP contribution < -0.4 is 0 Å². The van der Waals surface area contributed by atoms with Crippen molar-refractivity contribution < 1.29 is 0 Å². The van der Waals surface area contributed by atoms with Crippen LogP contribution in [0.1, 0.15) is 213 Å². The van der Waals surface area contributed by atoms with E-state index in [0.717, 1.165) is 0 Å². The van der Waals surface area contributed by atoms with E-state index in [4.69, 9.17) is 0 Å². The molecule has 0 bridgehead atoms. The Labute approximate surface area is 253 Å². The van der Waals surface area contributed by atoms with Crippen LogP contribution in [0.4, 0.5) is 0 Å². The molecule has 1 fully saturated rings. The van der Waals surface area contributed by atoms with Crippen molar-refractivity contribution in [1.29, 1.82) is 0 Å². The fourth-order valence-electron chi connectivity index (χ4n) is 6.19. The van der Waals surface area contributed by atoms with Crippen molar-refractivity contribution in [2.75, 3.05) is 18.8 Å². The molecule has 0 amide bonds. The van der Waals surface area contributed by atoms with Gasteiger partial charge in [0.2, 0.25) is 0 Å². The quantitative estimate of drug-likeness (QED) is 0.213. The fraction of sp³-hybridized carbons (Fsp3) is 1.00. The molecule has 0 spiro atoms. The minimum absolute atomic E-state index is 0.515. The van der Waals surface area contributed by atoms with Crippen LogP contribution in [0.25, 0.3) is 0 Å². The smallest absolute Gasteiger partial charge is 0.00893 e. The lowest BCUT2D eigenvalue weighted by Crippen LogP contribution is -2.19. The Morgan fingerprint density at radius 3 is 1.00 bits per heavy atom. The molecule has 1 heterocycles. The summed E-state index contributed by atoms with van der Waals surface area (Å²) < 4.78 is 2.77. The molecule has 0 aromatic heterocycles. The molecule has 2 heteroatoms.